The molecular formula is C9H15N5NaO6P. The van der Waals surface area contributed by atoms with Gasteiger partial charge in [-0.1, -0.05) is 0 Å². The second-order valence-corrected chi connectivity index (χ2v) is 6.05. The Labute approximate surface area is 147 Å². The Hall–Kier alpha value is -0.780. The van der Waals surface area contributed by atoms with Gasteiger partial charge in [0.1, 0.15) is 6.33 Å². The first-order valence-corrected chi connectivity index (χ1v) is 7.38. The predicted octanol–water partition coefficient (Wildman–Crippen LogP) is -3.54. The van der Waals surface area contributed by atoms with E-state index in [1.54, 1.807) is 0 Å². The number of imidazole rings is 1. The molecule has 0 aliphatic heterocycles. The fourth-order valence-corrected chi connectivity index (χ4v) is 1.84. The van der Waals surface area contributed by atoms with E-state index in [1.807, 2.05) is 0 Å². The van der Waals surface area contributed by atoms with Crippen molar-refractivity contribution in [2.45, 2.75) is 19.2 Å². The number of nitrogen functional groups attached to an aromatic ring is 1. The Morgan fingerprint density at radius 3 is 2.73 bits per heavy atom. The molecule has 5 N–H and O–H groups in total. The van der Waals surface area contributed by atoms with Crippen molar-refractivity contribution >= 4 is 24.7 Å². The summed E-state index contributed by atoms with van der Waals surface area (Å²) in [4.78, 5) is 39.8. The number of anilines is 1. The Balaban J connectivity index is 0.00000242. The molecule has 0 aliphatic carbocycles. The van der Waals surface area contributed by atoms with Gasteiger partial charge in [-0.15, -0.1) is 0 Å². The summed E-state index contributed by atoms with van der Waals surface area (Å²) in [5.41, 5.74) is 4.97. The quantitative estimate of drug-likeness (QED) is 0.244. The second-order valence-electron chi connectivity index (χ2n) is 4.14. The Kier molecular flexibility index (Phi) is 6.30. The normalized spacial score (nSPS) is 14.5. The van der Waals surface area contributed by atoms with Crippen LogP contribution in [0.4, 0.5) is 5.95 Å². The van der Waals surface area contributed by atoms with Gasteiger partial charge >= 0.3 is 37.2 Å². The molecule has 2 aromatic rings. The Bertz CT molecular complexity index is 762. The van der Waals surface area contributed by atoms with Crippen molar-refractivity contribution in [2.24, 2.45) is 0 Å². The molecule has 2 heterocycles. The number of nitrogens with zero attached hydrogens (tertiary/aromatic N) is 3. The van der Waals surface area contributed by atoms with Crippen LogP contribution in [0.15, 0.2) is 11.1 Å². The molecule has 118 valence electrons. The average molecular weight is 343 g/mol. The van der Waals surface area contributed by atoms with E-state index in [0.717, 1.165) is 0 Å². The van der Waals surface area contributed by atoms with Crippen molar-refractivity contribution in [1.29, 1.82) is 0 Å². The first kappa shape index (κ1) is 19.3. The van der Waals surface area contributed by atoms with E-state index < -0.39 is 25.4 Å². The summed E-state index contributed by atoms with van der Waals surface area (Å²) in [5.74, 6) is -1.55. The molecule has 0 radical (unpaired) electrons. The number of aromatic nitrogens is 4. The Morgan fingerprint density at radius 2 is 2.18 bits per heavy atom. The zero-order valence-electron chi connectivity index (χ0n) is 13.1. The largest absolute Gasteiger partial charge is 1.00 e. The van der Waals surface area contributed by atoms with Crippen molar-refractivity contribution in [2.75, 3.05) is 12.8 Å². The molecule has 0 aliphatic rings. The number of ether oxygens (including phenoxy) is 2. The van der Waals surface area contributed by atoms with Crippen LogP contribution in [0, 0.1) is 0 Å². The van der Waals surface area contributed by atoms with Gasteiger partial charge in [0.15, 0.2) is 17.0 Å². The second kappa shape index (κ2) is 7.20. The molecule has 0 saturated heterocycles. The van der Waals surface area contributed by atoms with E-state index in [2.05, 4.69) is 15.0 Å². The molecule has 0 spiro atoms. The Morgan fingerprint density at radius 1 is 1.55 bits per heavy atom. The SMILES string of the molecule is COC(OC(C)P(=O)(O)O)n1cnc2c(=O)[nH]c(N)nc21.[H-].[Na+]. The molecule has 0 aromatic carbocycles. The first-order valence-electron chi connectivity index (χ1n) is 5.70. The number of fused-ring (bicyclic) bond motifs is 1. The van der Waals surface area contributed by atoms with E-state index in [1.165, 1.54) is 24.9 Å². The molecule has 0 bridgehead atoms. The number of hydrogen-bond donors (Lipinski definition) is 4. The van der Waals surface area contributed by atoms with Crippen LogP contribution < -0.4 is 40.9 Å². The van der Waals surface area contributed by atoms with Crippen molar-refractivity contribution in [3.05, 3.63) is 16.7 Å². The van der Waals surface area contributed by atoms with Gasteiger partial charge in [0.25, 0.3) is 5.56 Å². The molecule has 2 atom stereocenters. The number of hydrogen-bond acceptors (Lipinski definition) is 7. The minimum absolute atomic E-state index is 0. The van der Waals surface area contributed by atoms with E-state index in [4.69, 9.17) is 25.0 Å². The molecule has 0 saturated carbocycles. The summed E-state index contributed by atoms with van der Waals surface area (Å²) >= 11 is 0. The minimum atomic E-state index is -4.45. The monoisotopic (exact) mass is 343 g/mol. The van der Waals surface area contributed by atoms with E-state index in [-0.39, 0.29) is 48.1 Å². The van der Waals surface area contributed by atoms with Crippen molar-refractivity contribution in [3.8, 4) is 0 Å². The van der Waals surface area contributed by atoms with Gasteiger partial charge in [-0.2, -0.15) is 4.98 Å². The molecule has 11 nitrogen and oxygen atoms in total. The van der Waals surface area contributed by atoms with Gasteiger partial charge < -0.3 is 26.4 Å². The number of nitrogens with one attached hydrogen (secondary N) is 1. The number of methoxy groups -OCH3 is 1. The zero-order valence-corrected chi connectivity index (χ0v) is 15.0. The maximum absolute atomic E-state index is 11.6. The van der Waals surface area contributed by atoms with Crippen molar-refractivity contribution in [1.82, 2.24) is 19.5 Å². The number of aromatic amines is 1. The average Bonchev–Trinajstić information content (AvgIpc) is 2.78. The van der Waals surface area contributed by atoms with Crippen LogP contribution in [0.3, 0.4) is 0 Å². The van der Waals surface area contributed by atoms with Gasteiger partial charge in [0.05, 0.1) is 0 Å². The van der Waals surface area contributed by atoms with Gasteiger partial charge in [-0.25, -0.2) is 4.98 Å². The number of H-pyrrole nitrogens is 1. The van der Waals surface area contributed by atoms with Crippen LogP contribution in [-0.4, -0.2) is 42.3 Å². The molecule has 22 heavy (non-hydrogen) atoms. The fraction of sp³-hybridized carbons (Fsp3) is 0.444. The smallest absolute Gasteiger partial charge is 1.00 e. The molecule has 2 unspecified atom stereocenters. The van der Waals surface area contributed by atoms with Gasteiger partial charge in [-0.3, -0.25) is 18.9 Å². The van der Waals surface area contributed by atoms with Crippen LogP contribution in [0.2, 0.25) is 0 Å². The third-order valence-electron chi connectivity index (χ3n) is 2.67. The van der Waals surface area contributed by atoms with Crippen LogP contribution in [0.1, 0.15) is 14.8 Å². The third-order valence-corrected chi connectivity index (χ3v) is 3.74. The van der Waals surface area contributed by atoms with Gasteiger partial charge in [0, 0.05) is 7.11 Å². The summed E-state index contributed by atoms with van der Waals surface area (Å²) < 4.78 is 22.5. The fourth-order valence-electron chi connectivity index (χ4n) is 1.58. The molecule has 0 fully saturated rings. The van der Waals surface area contributed by atoms with Crippen LogP contribution in [0.25, 0.3) is 11.2 Å². The maximum atomic E-state index is 11.6. The summed E-state index contributed by atoms with van der Waals surface area (Å²) in [6.45, 7) is 1.19. The standard InChI is InChI=1S/C9H14N5O6P.Na.H/c1-4(21(16,17)18)20-9(19-2)14-3-11-5-6(14)12-8(10)13-7(5)15;;/h3-4,9H,1-2H3,(H2,16,17,18)(H3,10,12,13,15);;/q;+1;-1. The van der Waals surface area contributed by atoms with E-state index in [0.29, 0.717) is 0 Å². The molecule has 13 heteroatoms. The van der Waals surface area contributed by atoms with Crippen LogP contribution >= 0.6 is 7.60 Å². The molecule has 2 rings (SSSR count). The molecule has 0 amide bonds. The summed E-state index contributed by atoms with van der Waals surface area (Å²) in [6, 6.07) is 0. The first-order chi connectivity index (χ1) is 9.74. The van der Waals surface area contributed by atoms with E-state index >= 15 is 0 Å². The van der Waals surface area contributed by atoms with Crippen molar-refractivity contribution < 1.29 is 54.8 Å². The zero-order chi connectivity index (χ0) is 15.8. The summed E-state index contributed by atoms with van der Waals surface area (Å²) in [5, 5.41) is 0. The van der Waals surface area contributed by atoms with Gasteiger partial charge in [0.2, 0.25) is 12.4 Å². The molecular weight excluding hydrogens is 328 g/mol. The van der Waals surface area contributed by atoms with E-state index in [9.17, 15) is 9.36 Å². The summed E-state index contributed by atoms with van der Waals surface area (Å²) in [7, 11) is -3.19. The predicted molar refractivity (Wildman–Crippen MR) is 72.3 cm³/mol. The van der Waals surface area contributed by atoms with Crippen LogP contribution in [0.5, 0.6) is 0 Å². The topological polar surface area (TPSA) is 166 Å². The minimum Gasteiger partial charge on any atom is -1.00 e. The number of nitrogens with two attached hydrogens (primary N) is 1. The summed E-state index contributed by atoms with van der Waals surface area (Å²) in [6.07, 6.45) is -0.0290. The third kappa shape index (κ3) is 3.94. The molecule has 2 aromatic heterocycles. The number of rotatable bonds is 5. The van der Waals surface area contributed by atoms with Crippen LogP contribution in [-0.2, 0) is 14.0 Å². The van der Waals surface area contributed by atoms with Crippen molar-refractivity contribution in [3.63, 3.8) is 0 Å². The van der Waals surface area contributed by atoms with Gasteiger partial charge in [-0.05, 0) is 6.92 Å². The maximum Gasteiger partial charge on any atom is 1.00 e.